The predicted molar refractivity (Wildman–Crippen MR) is 196 cm³/mol. The van der Waals surface area contributed by atoms with Crippen molar-refractivity contribution in [1.29, 1.82) is 0 Å². The zero-order valence-corrected chi connectivity index (χ0v) is 27.9. The molecule has 4 saturated carbocycles. The van der Waals surface area contributed by atoms with Gasteiger partial charge in [0.2, 0.25) is 0 Å². The smallest absolute Gasteiger partial charge is 0.306 e. The van der Waals surface area contributed by atoms with E-state index in [1.54, 1.807) is 0 Å². The first kappa shape index (κ1) is 30.4. The van der Waals surface area contributed by atoms with Crippen molar-refractivity contribution in [2.45, 2.75) is 75.9 Å². The Morgan fingerprint density at radius 3 is 1.33 bits per heavy atom. The number of carbonyl (C=O) groups excluding carboxylic acids is 2. The molecule has 4 nitrogen and oxygen atoms in total. The second-order valence-electron chi connectivity index (χ2n) is 15.2. The average Bonchev–Trinajstić information content (AvgIpc) is 3.09. The highest BCUT2D eigenvalue weighted by atomic mass is 16.6. The first-order valence-electron chi connectivity index (χ1n) is 18.2. The van der Waals surface area contributed by atoms with Crippen LogP contribution in [0, 0.1) is 17.8 Å². The molecule has 10 rings (SSSR count). The summed E-state index contributed by atoms with van der Waals surface area (Å²) in [6.07, 6.45) is 7.63. The Morgan fingerprint density at radius 2 is 0.918 bits per heavy atom. The number of fused-ring (bicyclic) bond motifs is 4. The largest absolute Gasteiger partial charge is 0.462 e. The number of benzene rings is 6. The Kier molecular flexibility index (Phi) is 7.63. The topological polar surface area (TPSA) is 52.6 Å². The summed E-state index contributed by atoms with van der Waals surface area (Å²) in [5.74, 6) is 1.48. The van der Waals surface area contributed by atoms with Crippen LogP contribution >= 0.6 is 0 Å². The van der Waals surface area contributed by atoms with Crippen LogP contribution in [0.5, 0.6) is 0 Å². The van der Waals surface area contributed by atoms with Crippen LogP contribution in [0.15, 0.2) is 109 Å². The van der Waals surface area contributed by atoms with E-state index in [9.17, 15) is 9.59 Å². The zero-order chi connectivity index (χ0) is 33.0. The van der Waals surface area contributed by atoms with E-state index in [2.05, 4.69) is 109 Å². The summed E-state index contributed by atoms with van der Waals surface area (Å²) in [6.45, 7) is 0. The Morgan fingerprint density at radius 1 is 0.551 bits per heavy atom. The Balaban J connectivity index is 1.02. The number of hydrogen-bond acceptors (Lipinski definition) is 4. The van der Waals surface area contributed by atoms with Gasteiger partial charge in [0.15, 0.2) is 0 Å². The van der Waals surface area contributed by atoms with E-state index in [-0.39, 0.29) is 30.4 Å². The predicted octanol–water partition coefficient (Wildman–Crippen LogP) is 10.3. The molecule has 0 aromatic heterocycles. The molecule has 6 aromatic carbocycles. The number of rotatable bonds is 9. The maximum Gasteiger partial charge on any atom is 0.306 e. The molecule has 4 aliphatic rings. The van der Waals surface area contributed by atoms with Crippen LogP contribution in [-0.4, -0.2) is 23.6 Å². The van der Waals surface area contributed by atoms with E-state index in [0.29, 0.717) is 30.6 Å². The van der Waals surface area contributed by atoms with Crippen LogP contribution in [-0.2, 0) is 31.9 Å². The lowest BCUT2D eigenvalue weighted by Crippen LogP contribution is -2.52. The van der Waals surface area contributed by atoms with E-state index in [1.165, 1.54) is 73.5 Å². The van der Waals surface area contributed by atoms with Gasteiger partial charge in [0, 0.05) is 12.8 Å². The third kappa shape index (κ3) is 5.86. The van der Waals surface area contributed by atoms with Crippen LogP contribution in [0.25, 0.3) is 43.1 Å². The van der Waals surface area contributed by atoms with Crippen molar-refractivity contribution in [3.8, 4) is 0 Å². The second-order valence-corrected chi connectivity index (χ2v) is 15.2. The molecule has 0 N–H and O–H groups in total. The molecular weight excluding hydrogens is 604 g/mol. The maximum atomic E-state index is 13.7. The first-order valence-corrected chi connectivity index (χ1v) is 18.2. The van der Waals surface area contributed by atoms with Crippen molar-refractivity contribution in [2.75, 3.05) is 0 Å². The molecule has 246 valence electrons. The van der Waals surface area contributed by atoms with Gasteiger partial charge in [-0.15, -0.1) is 0 Å². The maximum absolute atomic E-state index is 13.7. The average molecular weight is 647 g/mol. The number of carbonyl (C=O) groups is 2. The number of esters is 2. The molecule has 0 heterocycles. The van der Waals surface area contributed by atoms with Gasteiger partial charge in [0.05, 0.1) is 12.8 Å². The summed E-state index contributed by atoms with van der Waals surface area (Å²) in [7, 11) is 0. The normalized spacial score (nSPS) is 22.8. The van der Waals surface area contributed by atoms with Crippen LogP contribution in [0.2, 0.25) is 0 Å². The minimum Gasteiger partial charge on any atom is -0.462 e. The fourth-order valence-corrected chi connectivity index (χ4v) is 10.2. The molecule has 0 unspecified atom stereocenters. The van der Waals surface area contributed by atoms with Gasteiger partial charge in [-0.2, -0.15) is 0 Å². The second kappa shape index (κ2) is 12.3. The summed E-state index contributed by atoms with van der Waals surface area (Å²) in [6, 6.07) is 38.4. The lowest BCUT2D eigenvalue weighted by atomic mass is 9.54. The van der Waals surface area contributed by atoms with E-state index >= 15 is 0 Å². The van der Waals surface area contributed by atoms with Crippen molar-refractivity contribution in [3.63, 3.8) is 0 Å². The zero-order valence-electron chi connectivity index (χ0n) is 27.9. The van der Waals surface area contributed by atoms with Crippen LogP contribution in [0.1, 0.15) is 62.5 Å². The lowest BCUT2D eigenvalue weighted by Gasteiger charge is -2.55. The van der Waals surface area contributed by atoms with Gasteiger partial charge >= 0.3 is 11.9 Å². The van der Waals surface area contributed by atoms with Gasteiger partial charge in [-0.1, -0.05) is 97.1 Å². The molecule has 0 spiro atoms. The molecule has 4 aliphatic carbocycles. The van der Waals surface area contributed by atoms with Gasteiger partial charge < -0.3 is 9.47 Å². The number of ether oxygens (including phenoxy) is 2. The van der Waals surface area contributed by atoms with Crippen LogP contribution in [0.3, 0.4) is 0 Å². The Hall–Kier alpha value is -4.70. The summed E-state index contributed by atoms with van der Waals surface area (Å²) >= 11 is 0. The van der Waals surface area contributed by atoms with E-state index < -0.39 is 6.10 Å². The van der Waals surface area contributed by atoms with Crippen molar-refractivity contribution >= 4 is 55.0 Å². The Labute approximate surface area is 287 Å². The van der Waals surface area contributed by atoms with Crippen molar-refractivity contribution in [2.24, 2.45) is 17.8 Å². The SMILES string of the molecule is O=C(CCC(=O)OC12CC3CC(CC(C3)C1)C2)OC(Cc1c2ccccc2cc2ccccc12)Cc1c2ccccc2cc2ccccc12. The standard InChI is InChI=1S/C45H42O4/c46-43(17-18-44(47)49-45-26-29-19-30(27-45)21-31(20-29)28-45)48-36(24-41-37-13-5-1-9-32(37)22-33-10-2-6-14-38(33)41)25-42-39-15-7-3-11-34(39)23-35-12-4-8-16-40(35)42/h1-16,22-23,29-31,36H,17-21,24-28H2. The van der Waals surface area contributed by atoms with Crippen molar-refractivity contribution in [1.82, 2.24) is 0 Å². The van der Waals surface area contributed by atoms with E-state index in [0.717, 1.165) is 19.3 Å². The highest BCUT2D eigenvalue weighted by Crippen LogP contribution is 2.57. The van der Waals surface area contributed by atoms with Gasteiger partial charge in [-0.3, -0.25) is 9.59 Å². The van der Waals surface area contributed by atoms with Gasteiger partial charge in [-0.25, -0.2) is 0 Å². The highest BCUT2D eigenvalue weighted by Gasteiger charge is 2.53. The molecule has 0 radical (unpaired) electrons. The lowest BCUT2D eigenvalue weighted by molar-refractivity contribution is -0.187. The van der Waals surface area contributed by atoms with Crippen molar-refractivity contribution in [3.05, 3.63) is 120 Å². The van der Waals surface area contributed by atoms with E-state index in [1.807, 2.05) is 0 Å². The first-order chi connectivity index (χ1) is 24.0. The molecule has 0 aliphatic heterocycles. The summed E-state index contributed by atoms with van der Waals surface area (Å²) in [5, 5.41) is 9.36. The molecular formula is C45H42O4. The van der Waals surface area contributed by atoms with Crippen molar-refractivity contribution < 1.29 is 19.1 Å². The number of hydrogen-bond donors (Lipinski definition) is 0. The van der Waals surface area contributed by atoms with Gasteiger partial charge in [0.25, 0.3) is 0 Å². The molecule has 4 fully saturated rings. The van der Waals surface area contributed by atoms with Gasteiger partial charge in [-0.05, 0) is 123 Å². The van der Waals surface area contributed by atoms with Crippen LogP contribution in [0.4, 0.5) is 0 Å². The molecule has 0 atom stereocenters. The fourth-order valence-electron chi connectivity index (χ4n) is 10.2. The quantitative estimate of drug-likeness (QED) is 0.116. The highest BCUT2D eigenvalue weighted by molar-refractivity contribution is 6.03. The summed E-state index contributed by atoms with van der Waals surface area (Å²) in [5.41, 5.74) is 2.05. The molecule has 49 heavy (non-hydrogen) atoms. The van der Waals surface area contributed by atoms with Gasteiger partial charge in [0.1, 0.15) is 11.7 Å². The third-order valence-corrected chi connectivity index (χ3v) is 11.8. The molecule has 0 saturated heterocycles. The molecule has 0 amide bonds. The minimum absolute atomic E-state index is 0.0221. The minimum atomic E-state index is -0.435. The van der Waals surface area contributed by atoms with E-state index in [4.69, 9.17) is 9.47 Å². The summed E-state index contributed by atoms with van der Waals surface area (Å²) in [4.78, 5) is 27.0. The Bertz CT molecular complexity index is 1970. The molecule has 4 bridgehead atoms. The molecule has 6 aromatic rings. The third-order valence-electron chi connectivity index (χ3n) is 11.8. The summed E-state index contributed by atoms with van der Waals surface area (Å²) < 4.78 is 12.7. The fraction of sp³-hybridized carbons (Fsp3) is 0.333. The molecule has 4 heteroatoms. The monoisotopic (exact) mass is 646 g/mol. The van der Waals surface area contributed by atoms with Crippen LogP contribution < -0.4 is 0 Å².